The van der Waals surface area contributed by atoms with Crippen molar-refractivity contribution in [3.8, 4) is 17.2 Å². The molecule has 4 nitrogen and oxygen atoms in total. The van der Waals surface area contributed by atoms with Crippen LogP contribution in [0.5, 0.6) is 17.2 Å². The minimum Gasteiger partial charge on any atom is -0.497 e. The molecular formula is C24H25NO3. The maximum Gasteiger partial charge on any atom is 0.161 e. The summed E-state index contributed by atoms with van der Waals surface area (Å²) in [7, 11) is 5.14. The number of benzene rings is 3. The van der Waals surface area contributed by atoms with Crippen LogP contribution in [0.4, 0.5) is 0 Å². The van der Waals surface area contributed by atoms with Crippen molar-refractivity contribution in [2.75, 3.05) is 27.9 Å². The number of ether oxygens (including phenoxy) is 3. The third-order valence-corrected chi connectivity index (χ3v) is 6.33. The molecule has 0 fully saturated rings. The largest absolute Gasteiger partial charge is 0.497 e. The van der Waals surface area contributed by atoms with Crippen LogP contribution in [0.25, 0.3) is 10.8 Å². The average molecular weight is 375 g/mol. The predicted molar refractivity (Wildman–Crippen MR) is 111 cm³/mol. The van der Waals surface area contributed by atoms with E-state index in [9.17, 15) is 0 Å². The summed E-state index contributed by atoms with van der Waals surface area (Å²) in [5, 5.41) is 2.59. The van der Waals surface area contributed by atoms with Gasteiger partial charge >= 0.3 is 0 Å². The normalized spacial score (nSPS) is 18.2. The molecule has 2 heterocycles. The second-order valence-electron chi connectivity index (χ2n) is 7.64. The van der Waals surface area contributed by atoms with Gasteiger partial charge in [0, 0.05) is 19.1 Å². The smallest absolute Gasteiger partial charge is 0.161 e. The summed E-state index contributed by atoms with van der Waals surface area (Å²) in [5.74, 6) is 2.56. The maximum absolute atomic E-state index is 5.58. The van der Waals surface area contributed by atoms with Crippen molar-refractivity contribution < 1.29 is 14.2 Å². The number of rotatable bonds is 3. The number of fused-ring (bicyclic) bond motifs is 6. The molecule has 0 radical (unpaired) electrons. The Balaban J connectivity index is 1.60. The van der Waals surface area contributed by atoms with Crippen molar-refractivity contribution in [2.45, 2.75) is 25.4 Å². The number of nitrogens with zero attached hydrogens (tertiary/aromatic N) is 1. The van der Waals surface area contributed by atoms with Crippen LogP contribution in [0.1, 0.15) is 28.3 Å². The summed E-state index contributed by atoms with van der Waals surface area (Å²) >= 11 is 0. The third kappa shape index (κ3) is 2.63. The first-order valence-corrected chi connectivity index (χ1v) is 9.79. The van der Waals surface area contributed by atoms with Crippen LogP contribution in [-0.4, -0.2) is 32.8 Å². The Morgan fingerprint density at radius 1 is 0.857 bits per heavy atom. The van der Waals surface area contributed by atoms with E-state index in [2.05, 4.69) is 41.3 Å². The average Bonchev–Trinajstić information content (AvgIpc) is 2.76. The highest BCUT2D eigenvalue weighted by Crippen LogP contribution is 2.43. The van der Waals surface area contributed by atoms with Gasteiger partial charge < -0.3 is 14.2 Å². The zero-order valence-electron chi connectivity index (χ0n) is 16.6. The molecule has 0 bridgehead atoms. The standard InChI is InChI=1S/C24H25NO3/c1-26-18-7-6-15-4-5-16-10-22-20-13-24(28-3)23(27-2)11-17(20)8-9-25(22)14-21(16)19(15)12-18/h4-7,11-13,22H,8-10,14H2,1-3H3/t22-/m0/s1. The molecule has 0 spiro atoms. The summed E-state index contributed by atoms with van der Waals surface area (Å²) in [4.78, 5) is 2.61. The quantitative estimate of drug-likeness (QED) is 0.673. The highest BCUT2D eigenvalue weighted by molar-refractivity contribution is 5.88. The zero-order valence-corrected chi connectivity index (χ0v) is 16.6. The molecule has 0 aromatic heterocycles. The van der Waals surface area contributed by atoms with Crippen LogP contribution in [0.15, 0.2) is 42.5 Å². The molecular weight excluding hydrogens is 350 g/mol. The molecule has 3 aromatic carbocycles. The Hall–Kier alpha value is -2.72. The molecule has 2 aliphatic rings. The molecule has 4 heteroatoms. The van der Waals surface area contributed by atoms with E-state index in [1.807, 2.05) is 6.07 Å². The van der Waals surface area contributed by atoms with Crippen LogP contribution in [0, 0.1) is 0 Å². The first kappa shape index (κ1) is 17.4. The topological polar surface area (TPSA) is 30.9 Å². The fraction of sp³-hybridized carbons (Fsp3) is 0.333. The van der Waals surface area contributed by atoms with E-state index in [1.165, 1.54) is 33.0 Å². The van der Waals surface area contributed by atoms with Gasteiger partial charge in [-0.05, 0) is 70.1 Å². The highest BCUT2D eigenvalue weighted by atomic mass is 16.5. The molecule has 28 heavy (non-hydrogen) atoms. The molecule has 0 unspecified atom stereocenters. The Morgan fingerprint density at radius 2 is 1.64 bits per heavy atom. The Kier molecular flexibility index (Phi) is 4.17. The van der Waals surface area contributed by atoms with Gasteiger partial charge in [0.2, 0.25) is 0 Å². The lowest BCUT2D eigenvalue weighted by Gasteiger charge is -2.42. The number of hydrogen-bond acceptors (Lipinski definition) is 4. The van der Waals surface area contributed by atoms with Gasteiger partial charge in [-0.2, -0.15) is 0 Å². The minimum atomic E-state index is 0.388. The van der Waals surface area contributed by atoms with Gasteiger partial charge in [0.1, 0.15) is 5.75 Å². The summed E-state index contributed by atoms with van der Waals surface area (Å²) in [6, 6.07) is 15.6. The second kappa shape index (κ2) is 6.71. The van der Waals surface area contributed by atoms with E-state index in [0.29, 0.717) is 6.04 Å². The summed E-state index contributed by atoms with van der Waals surface area (Å²) in [6.45, 7) is 2.03. The monoisotopic (exact) mass is 375 g/mol. The molecule has 0 saturated heterocycles. The third-order valence-electron chi connectivity index (χ3n) is 6.33. The molecule has 144 valence electrons. The molecule has 0 saturated carbocycles. The summed E-state index contributed by atoms with van der Waals surface area (Å²) in [5.41, 5.74) is 5.63. The molecule has 3 aromatic rings. The van der Waals surface area contributed by atoms with Gasteiger partial charge in [0.25, 0.3) is 0 Å². The molecule has 5 rings (SSSR count). The van der Waals surface area contributed by atoms with Gasteiger partial charge in [-0.25, -0.2) is 0 Å². The van der Waals surface area contributed by atoms with Gasteiger partial charge in [0.15, 0.2) is 11.5 Å². The van der Waals surface area contributed by atoms with Crippen LogP contribution in [-0.2, 0) is 19.4 Å². The molecule has 2 aliphatic heterocycles. The highest BCUT2D eigenvalue weighted by Gasteiger charge is 2.33. The lowest BCUT2D eigenvalue weighted by molar-refractivity contribution is 0.161. The Bertz CT molecular complexity index is 1060. The minimum absolute atomic E-state index is 0.388. The van der Waals surface area contributed by atoms with Crippen molar-refractivity contribution in [1.82, 2.24) is 4.90 Å². The van der Waals surface area contributed by atoms with Crippen LogP contribution < -0.4 is 14.2 Å². The second-order valence-corrected chi connectivity index (χ2v) is 7.64. The number of methoxy groups -OCH3 is 3. The van der Waals surface area contributed by atoms with Crippen LogP contribution in [0.2, 0.25) is 0 Å². The van der Waals surface area contributed by atoms with Gasteiger partial charge in [-0.15, -0.1) is 0 Å². The molecule has 0 N–H and O–H groups in total. The van der Waals surface area contributed by atoms with Crippen molar-refractivity contribution >= 4 is 10.8 Å². The van der Waals surface area contributed by atoms with E-state index < -0.39 is 0 Å². The Labute approximate surface area is 165 Å². The van der Waals surface area contributed by atoms with E-state index >= 15 is 0 Å². The van der Waals surface area contributed by atoms with Crippen molar-refractivity contribution in [3.05, 3.63) is 64.7 Å². The fourth-order valence-corrected chi connectivity index (χ4v) is 4.83. The van der Waals surface area contributed by atoms with Crippen molar-refractivity contribution in [3.63, 3.8) is 0 Å². The van der Waals surface area contributed by atoms with E-state index in [0.717, 1.165) is 43.2 Å². The first-order valence-electron chi connectivity index (χ1n) is 9.79. The molecule has 0 aliphatic carbocycles. The van der Waals surface area contributed by atoms with E-state index in [-0.39, 0.29) is 0 Å². The lowest BCUT2D eigenvalue weighted by Crippen LogP contribution is -2.39. The fourth-order valence-electron chi connectivity index (χ4n) is 4.83. The summed E-state index contributed by atoms with van der Waals surface area (Å²) in [6.07, 6.45) is 2.06. The van der Waals surface area contributed by atoms with Crippen molar-refractivity contribution in [2.24, 2.45) is 0 Å². The van der Waals surface area contributed by atoms with Gasteiger partial charge in [-0.1, -0.05) is 18.2 Å². The van der Waals surface area contributed by atoms with Crippen molar-refractivity contribution in [1.29, 1.82) is 0 Å². The first-order chi connectivity index (χ1) is 13.7. The summed E-state index contributed by atoms with van der Waals surface area (Å²) < 4.78 is 16.6. The van der Waals surface area contributed by atoms with Gasteiger partial charge in [-0.3, -0.25) is 4.90 Å². The van der Waals surface area contributed by atoms with Crippen LogP contribution >= 0.6 is 0 Å². The zero-order chi connectivity index (χ0) is 19.3. The lowest BCUT2D eigenvalue weighted by atomic mass is 9.82. The van der Waals surface area contributed by atoms with Gasteiger partial charge in [0.05, 0.1) is 21.3 Å². The van der Waals surface area contributed by atoms with E-state index in [4.69, 9.17) is 14.2 Å². The molecule has 0 amide bonds. The number of hydrogen-bond donors (Lipinski definition) is 0. The molecule has 1 atom stereocenters. The van der Waals surface area contributed by atoms with E-state index in [1.54, 1.807) is 21.3 Å². The van der Waals surface area contributed by atoms with Crippen LogP contribution in [0.3, 0.4) is 0 Å². The predicted octanol–water partition coefficient (Wildman–Crippen LogP) is 4.52. The maximum atomic E-state index is 5.58. The SMILES string of the molecule is COc1ccc2ccc3c(c2c1)CN1CCc2cc(OC)c(OC)cc2[C@@H]1C3. The Morgan fingerprint density at radius 3 is 2.43 bits per heavy atom.